The van der Waals surface area contributed by atoms with Crippen molar-refractivity contribution in [2.75, 3.05) is 0 Å². The Labute approximate surface area is 140 Å². The molecule has 111 valence electrons. The number of hydrogen-bond acceptors (Lipinski definition) is 1. The van der Waals surface area contributed by atoms with Gasteiger partial charge in [0.05, 0.1) is 0 Å². The van der Waals surface area contributed by atoms with E-state index in [4.69, 9.17) is 0 Å². The Morgan fingerprint density at radius 1 is 0.762 bits per heavy atom. The van der Waals surface area contributed by atoms with Gasteiger partial charge in [0, 0.05) is 26.3 Å². The Morgan fingerprint density at radius 3 is 2.14 bits per heavy atom. The summed E-state index contributed by atoms with van der Waals surface area (Å²) in [5, 5.41) is 0. The normalized spacial score (nSPS) is 16.6. The number of aromatic nitrogens is 1. The first kappa shape index (κ1) is 14.9. The molecule has 0 N–H and O–H groups in total. The molecule has 1 heterocycles. The van der Waals surface area contributed by atoms with Crippen LogP contribution in [0.3, 0.4) is 0 Å². The van der Waals surface area contributed by atoms with Crippen molar-refractivity contribution in [1.29, 1.82) is 0 Å². The number of aryl methyl sites for hydroxylation is 4. The van der Waals surface area contributed by atoms with Crippen molar-refractivity contribution in [1.82, 2.24) is 4.98 Å². The van der Waals surface area contributed by atoms with E-state index in [9.17, 15) is 0 Å². The van der Waals surface area contributed by atoms with Gasteiger partial charge in [-0.05, 0) is 43.4 Å². The third-order valence-corrected chi connectivity index (χ3v) is 4.78. The molecular formula is C19H20IrN-. The second kappa shape index (κ2) is 6.42. The minimum Gasteiger partial charge on any atom is -0.304 e. The number of rotatable bonds is 1. The molecule has 0 amide bonds. The van der Waals surface area contributed by atoms with Crippen LogP contribution in [0.4, 0.5) is 0 Å². The number of fused-ring (bicyclic) bond motifs is 2. The van der Waals surface area contributed by atoms with Crippen molar-refractivity contribution in [2.24, 2.45) is 0 Å². The topological polar surface area (TPSA) is 12.9 Å². The molecule has 1 aromatic carbocycles. The first-order valence-electron chi connectivity index (χ1n) is 7.92. The molecule has 0 aliphatic heterocycles. The quantitative estimate of drug-likeness (QED) is 0.586. The second-order valence-corrected chi connectivity index (χ2v) is 6.15. The summed E-state index contributed by atoms with van der Waals surface area (Å²) in [5.74, 6) is 0. The molecule has 0 unspecified atom stereocenters. The monoisotopic (exact) mass is 455 g/mol. The van der Waals surface area contributed by atoms with Gasteiger partial charge in [-0.1, -0.05) is 30.9 Å². The molecule has 2 aromatic rings. The van der Waals surface area contributed by atoms with Gasteiger partial charge in [-0.3, -0.25) is 0 Å². The van der Waals surface area contributed by atoms with Gasteiger partial charge in [0.1, 0.15) is 0 Å². The van der Waals surface area contributed by atoms with E-state index in [0.29, 0.717) is 0 Å². The number of hydrogen-bond donors (Lipinski definition) is 0. The Bertz CT molecular complexity index is 591. The van der Waals surface area contributed by atoms with E-state index >= 15 is 0 Å². The van der Waals surface area contributed by atoms with Gasteiger partial charge in [-0.15, -0.1) is 34.9 Å². The fourth-order valence-electron chi connectivity index (χ4n) is 3.57. The van der Waals surface area contributed by atoms with E-state index in [1.165, 1.54) is 79.2 Å². The first-order chi connectivity index (χ1) is 9.90. The van der Waals surface area contributed by atoms with Crippen LogP contribution >= 0.6 is 0 Å². The number of nitrogens with zero attached hydrogens (tertiary/aromatic N) is 1. The predicted molar refractivity (Wildman–Crippen MR) is 81.8 cm³/mol. The van der Waals surface area contributed by atoms with Gasteiger partial charge < -0.3 is 4.98 Å². The van der Waals surface area contributed by atoms with E-state index in [2.05, 4.69) is 35.4 Å². The molecule has 0 bridgehead atoms. The zero-order valence-corrected chi connectivity index (χ0v) is 14.6. The number of benzene rings is 1. The molecule has 2 heteroatoms. The fourth-order valence-corrected chi connectivity index (χ4v) is 3.57. The summed E-state index contributed by atoms with van der Waals surface area (Å²) in [7, 11) is 0. The summed E-state index contributed by atoms with van der Waals surface area (Å²) in [6.45, 7) is 0. The minimum absolute atomic E-state index is 0. The molecule has 0 saturated heterocycles. The standard InChI is InChI=1S/C19H20N.Ir/c1-2-6-15-11-17(10-9-14(15)5-1)19-12-16-7-3-4-8-18(16)13-20-19;/h9,11-13H,1-8H2;/q-1;. The average Bonchev–Trinajstić information content (AvgIpc) is 2.54. The molecule has 2 aliphatic carbocycles. The maximum Gasteiger partial charge on any atom is 0.0195 e. The summed E-state index contributed by atoms with van der Waals surface area (Å²) >= 11 is 0. The van der Waals surface area contributed by atoms with E-state index in [1.54, 1.807) is 0 Å². The molecule has 1 radical (unpaired) electrons. The van der Waals surface area contributed by atoms with Gasteiger partial charge >= 0.3 is 0 Å². The van der Waals surface area contributed by atoms with Gasteiger partial charge in [-0.2, -0.15) is 0 Å². The van der Waals surface area contributed by atoms with Gasteiger partial charge in [0.2, 0.25) is 0 Å². The summed E-state index contributed by atoms with van der Waals surface area (Å²) < 4.78 is 0. The van der Waals surface area contributed by atoms with E-state index in [0.717, 1.165) is 5.69 Å². The van der Waals surface area contributed by atoms with Crippen LogP contribution in [0.5, 0.6) is 0 Å². The van der Waals surface area contributed by atoms with Gasteiger partial charge in [-0.25, -0.2) is 0 Å². The zero-order chi connectivity index (χ0) is 13.4. The van der Waals surface area contributed by atoms with Crippen molar-refractivity contribution < 1.29 is 20.1 Å². The van der Waals surface area contributed by atoms with Crippen LogP contribution in [0.1, 0.15) is 47.9 Å². The molecule has 0 saturated carbocycles. The number of pyridine rings is 1. The molecule has 0 atom stereocenters. The average molecular weight is 455 g/mol. The Kier molecular flexibility index (Phi) is 4.56. The molecule has 1 nitrogen and oxygen atoms in total. The molecule has 21 heavy (non-hydrogen) atoms. The first-order valence-corrected chi connectivity index (χ1v) is 7.92. The van der Waals surface area contributed by atoms with Crippen LogP contribution in [0.2, 0.25) is 0 Å². The van der Waals surface area contributed by atoms with Gasteiger partial charge in [0.25, 0.3) is 0 Å². The summed E-state index contributed by atoms with van der Waals surface area (Å²) in [5.41, 5.74) is 8.27. The van der Waals surface area contributed by atoms with Crippen molar-refractivity contribution >= 4 is 0 Å². The molecule has 0 fully saturated rings. The van der Waals surface area contributed by atoms with E-state index in [-0.39, 0.29) is 20.1 Å². The minimum atomic E-state index is 0. The summed E-state index contributed by atoms with van der Waals surface area (Å²) in [6.07, 6.45) is 12.3. The zero-order valence-electron chi connectivity index (χ0n) is 12.2. The van der Waals surface area contributed by atoms with E-state index in [1.807, 2.05) is 0 Å². The third-order valence-electron chi connectivity index (χ3n) is 4.78. The van der Waals surface area contributed by atoms with Crippen LogP contribution in [0.15, 0.2) is 24.4 Å². The Balaban J connectivity index is 0.00000132. The summed E-state index contributed by atoms with van der Waals surface area (Å²) in [6, 6.07) is 10.3. The fraction of sp³-hybridized carbons (Fsp3) is 0.421. The maximum atomic E-state index is 4.68. The van der Waals surface area contributed by atoms with E-state index < -0.39 is 0 Å². The Hall–Kier alpha value is -0.981. The molecule has 4 rings (SSSR count). The van der Waals surface area contributed by atoms with Crippen LogP contribution in [0.25, 0.3) is 11.3 Å². The summed E-state index contributed by atoms with van der Waals surface area (Å²) in [4.78, 5) is 4.68. The van der Waals surface area contributed by atoms with Crippen molar-refractivity contribution in [2.45, 2.75) is 51.4 Å². The molecule has 1 aromatic heterocycles. The van der Waals surface area contributed by atoms with Crippen molar-refractivity contribution in [3.05, 3.63) is 52.7 Å². The van der Waals surface area contributed by atoms with Crippen LogP contribution < -0.4 is 0 Å². The van der Waals surface area contributed by atoms with Crippen LogP contribution in [0, 0.1) is 6.07 Å². The Morgan fingerprint density at radius 2 is 1.38 bits per heavy atom. The molecular weight excluding hydrogens is 434 g/mol. The predicted octanol–water partition coefficient (Wildman–Crippen LogP) is 4.30. The smallest absolute Gasteiger partial charge is 0.0195 e. The third kappa shape index (κ3) is 2.98. The molecule has 0 spiro atoms. The largest absolute Gasteiger partial charge is 0.304 e. The van der Waals surface area contributed by atoms with Crippen LogP contribution in [-0.4, -0.2) is 4.98 Å². The van der Waals surface area contributed by atoms with Gasteiger partial charge in [0.15, 0.2) is 0 Å². The maximum absolute atomic E-state index is 4.68. The van der Waals surface area contributed by atoms with Crippen LogP contribution in [-0.2, 0) is 45.8 Å². The second-order valence-electron chi connectivity index (χ2n) is 6.15. The van der Waals surface area contributed by atoms with Crippen molar-refractivity contribution in [3.8, 4) is 11.3 Å². The van der Waals surface area contributed by atoms with Crippen molar-refractivity contribution in [3.63, 3.8) is 0 Å². The molecule has 2 aliphatic rings. The SMILES string of the molecule is [Ir].[c-]1cc2c(cc1-c1cc3c(cn1)CCCC3)CCCC2.